The minimum atomic E-state index is -0.426. The highest BCUT2D eigenvalue weighted by molar-refractivity contribution is 6.09. The Bertz CT molecular complexity index is 1020. The van der Waals surface area contributed by atoms with E-state index >= 15 is 0 Å². The molecule has 0 aromatic heterocycles. The molecule has 0 unspecified atom stereocenters. The highest BCUT2D eigenvalue weighted by atomic mass is 16.6. The summed E-state index contributed by atoms with van der Waals surface area (Å²) in [6, 6.07) is 23.3. The van der Waals surface area contributed by atoms with E-state index in [0.717, 1.165) is 5.56 Å². The van der Waals surface area contributed by atoms with Crippen LogP contribution in [0.25, 0.3) is 0 Å². The number of hydrogen-bond acceptors (Lipinski definition) is 5. The first-order chi connectivity index (χ1) is 14.1. The topological polar surface area (TPSA) is 72.7 Å². The number of ether oxygens (including phenoxy) is 1. The first-order valence-corrected chi connectivity index (χ1v) is 9.43. The quantitative estimate of drug-likeness (QED) is 0.368. The molecule has 1 atom stereocenters. The van der Waals surface area contributed by atoms with Gasteiger partial charge >= 0.3 is 0 Å². The first kappa shape index (κ1) is 18.8. The van der Waals surface area contributed by atoms with E-state index in [1.807, 2.05) is 41.3 Å². The summed E-state index contributed by atoms with van der Waals surface area (Å²) < 4.78 is 5.87. The van der Waals surface area contributed by atoms with Crippen molar-refractivity contribution in [2.45, 2.75) is 6.10 Å². The number of benzene rings is 3. The first-order valence-electron chi connectivity index (χ1n) is 9.43. The van der Waals surface area contributed by atoms with E-state index in [9.17, 15) is 14.9 Å². The van der Waals surface area contributed by atoms with Gasteiger partial charge in [-0.2, -0.15) is 0 Å². The molecule has 1 fully saturated rings. The lowest BCUT2D eigenvalue weighted by molar-refractivity contribution is -0.384. The average molecular weight is 388 g/mol. The third-order valence-electron chi connectivity index (χ3n) is 5.05. The fourth-order valence-electron chi connectivity index (χ4n) is 3.57. The van der Waals surface area contributed by atoms with Crippen molar-refractivity contribution in [3.8, 4) is 0 Å². The maximum Gasteiger partial charge on any atom is 0.293 e. The van der Waals surface area contributed by atoms with Gasteiger partial charge in [0.2, 0.25) is 0 Å². The van der Waals surface area contributed by atoms with Gasteiger partial charge in [0, 0.05) is 30.3 Å². The van der Waals surface area contributed by atoms with Crippen molar-refractivity contribution in [1.29, 1.82) is 0 Å². The van der Waals surface area contributed by atoms with Crippen LogP contribution in [-0.4, -0.2) is 30.4 Å². The van der Waals surface area contributed by atoms with Gasteiger partial charge in [-0.3, -0.25) is 14.9 Å². The summed E-state index contributed by atoms with van der Waals surface area (Å²) in [6.45, 7) is 1.54. The molecule has 6 nitrogen and oxygen atoms in total. The highest BCUT2D eigenvalue weighted by Crippen LogP contribution is 2.33. The summed E-state index contributed by atoms with van der Waals surface area (Å²) in [6.07, 6.45) is -0.157. The third-order valence-corrected chi connectivity index (χ3v) is 5.05. The van der Waals surface area contributed by atoms with Gasteiger partial charge in [-0.15, -0.1) is 0 Å². The van der Waals surface area contributed by atoms with Gasteiger partial charge in [0.25, 0.3) is 5.69 Å². The molecule has 0 radical (unpaired) electrons. The number of ketones is 1. The predicted molar refractivity (Wildman–Crippen MR) is 110 cm³/mol. The standard InChI is InChI=1S/C23H20N2O4/c26-23(18-9-5-2-6-10-18)19-11-12-20(21(15-19)25(27)28)24-13-14-29-22(16-24)17-7-3-1-4-8-17/h1-12,15,22H,13-14,16H2/t22-/m0/s1. The van der Waals surface area contributed by atoms with Crippen LogP contribution in [0, 0.1) is 10.1 Å². The minimum Gasteiger partial charge on any atom is -0.370 e. The van der Waals surface area contributed by atoms with Crippen LogP contribution in [0.2, 0.25) is 0 Å². The Balaban J connectivity index is 1.63. The Morgan fingerprint density at radius 3 is 2.34 bits per heavy atom. The molecule has 0 bridgehead atoms. The number of nitro groups is 1. The summed E-state index contributed by atoms with van der Waals surface area (Å²) in [5.74, 6) is -0.232. The van der Waals surface area contributed by atoms with Gasteiger partial charge in [-0.05, 0) is 17.7 Å². The molecule has 6 heteroatoms. The lowest BCUT2D eigenvalue weighted by Gasteiger charge is -2.34. The molecule has 4 rings (SSSR count). The van der Waals surface area contributed by atoms with Crippen LogP contribution >= 0.6 is 0 Å². The van der Waals surface area contributed by atoms with Crippen LogP contribution in [0.5, 0.6) is 0 Å². The minimum absolute atomic E-state index is 0.0690. The Hall–Kier alpha value is -3.51. The van der Waals surface area contributed by atoms with Crippen molar-refractivity contribution in [3.63, 3.8) is 0 Å². The monoisotopic (exact) mass is 388 g/mol. The van der Waals surface area contributed by atoms with Crippen LogP contribution in [0.4, 0.5) is 11.4 Å². The van der Waals surface area contributed by atoms with E-state index in [-0.39, 0.29) is 17.6 Å². The Morgan fingerprint density at radius 2 is 1.66 bits per heavy atom. The molecule has 1 aliphatic rings. The molecule has 3 aromatic carbocycles. The maximum atomic E-state index is 12.7. The SMILES string of the molecule is O=C(c1ccccc1)c1ccc(N2CCO[C@H](c3ccccc3)C2)c([N+](=O)[O-])c1. The number of hydrogen-bond donors (Lipinski definition) is 0. The largest absolute Gasteiger partial charge is 0.370 e. The molecular weight excluding hydrogens is 368 g/mol. The fourth-order valence-corrected chi connectivity index (χ4v) is 3.57. The number of nitrogens with zero attached hydrogens (tertiary/aromatic N) is 2. The molecule has 0 aliphatic carbocycles. The zero-order valence-electron chi connectivity index (χ0n) is 15.7. The Labute approximate surface area is 168 Å². The van der Waals surface area contributed by atoms with Gasteiger partial charge in [-0.25, -0.2) is 0 Å². The van der Waals surface area contributed by atoms with Crippen LogP contribution < -0.4 is 4.90 Å². The van der Waals surface area contributed by atoms with E-state index < -0.39 is 4.92 Å². The van der Waals surface area contributed by atoms with Crippen LogP contribution in [0.1, 0.15) is 27.6 Å². The molecule has 0 saturated carbocycles. The number of nitro benzene ring substituents is 1. The predicted octanol–water partition coefficient (Wildman–Crippen LogP) is 4.40. The molecule has 146 valence electrons. The summed E-state index contributed by atoms with van der Waals surface area (Å²) in [5.41, 5.74) is 2.28. The van der Waals surface area contributed by atoms with Gasteiger partial charge in [-0.1, -0.05) is 60.7 Å². The zero-order valence-corrected chi connectivity index (χ0v) is 15.7. The van der Waals surface area contributed by atoms with Crippen molar-refractivity contribution in [2.75, 3.05) is 24.6 Å². The van der Waals surface area contributed by atoms with Gasteiger partial charge in [0.05, 0.1) is 11.5 Å². The highest BCUT2D eigenvalue weighted by Gasteiger charge is 2.28. The number of rotatable bonds is 5. The van der Waals surface area contributed by atoms with Crippen LogP contribution in [0.3, 0.4) is 0 Å². The molecule has 1 heterocycles. The normalized spacial score (nSPS) is 16.4. The lowest BCUT2D eigenvalue weighted by atomic mass is 10.0. The van der Waals surface area contributed by atoms with Gasteiger partial charge in [0.15, 0.2) is 5.78 Å². The average Bonchev–Trinajstić information content (AvgIpc) is 2.79. The second-order valence-electron chi connectivity index (χ2n) is 6.87. The molecule has 3 aromatic rings. The smallest absolute Gasteiger partial charge is 0.293 e. The molecular formula is C23H20N2O4. The lowest BCUT2D eigenvalue weighted by Crippen LogP contribution is -2.38. The van der Waals surface area contributed by atoms with Crippen molar-refractivity contribution < 1.29 is 14.5 Å². The van der Waals surface area contributed by atoms with Crippen molar-refractivity contribution in [2.24, 2.45) is 0 Å². The third kappa shape index (κ3) is 4.02. The van der Waals surface area contributed by atoms with E-state index in [1.54, 1.807) is 36.4 Å². The molecule has 29 heavy (non-hydrogen) atoms. The van der Waals surface area contributed by atoms with E-state index in [1.165, 1.54) is 6.07 Å². The van der Waals surface area contributed by atoms with Crippen molar-refractivity contribution >= 4 is 17.2 Å². The molecule has 0 spiro atoms. The van der Waals surface area contributed by atoms with E-state index in [2.05, 4.69) is 0 Å². The van der Waals surface area contributed by atoms with Crippen LogP contribution in [0.15, 0.2) is 78.9 Å². The number of morpholine rings is 1. The summed E-state index contributed by atoms with van der Waals surface area (Å²) in [4.78, 5) is 26.0. The second-order valence-corrected chi connectivity index (χ2v) is 6.87. The summed E-state index contributed by atoms with van der Waals surface area (Å²) >= 11 is 0. The van der Waals surface area contributed by atoms with E-state index in [4.69, 9.17) is 4.74 Å². The maximum absolute atomic E-state index is 12.7. The van der Waals surface area contributed by atoms with E-state index in [0.29, 0.717) is 36.5 Å². The molecule has 1 saturated heterocycles. The number of carbonyl (C=O) groups is 1. The molecule has 0 N–H and O–H groups in total. The zero-order chi connectivity index (χ0) is 20.2. The molecule has 0 amide bonds. The van der Waals surface area contributed by atoms with Gasteiger partial charge in [0.1, 0.15) is 11.8 Å². The van der Waals surface area contributed by atoms with Crippen molar-refractivity contribution in [3.05, 3.63) is 106 Å². The number of carbonyl (C=O) groups excluding carboxylic acids is 1. The Kier molecular flexibility index (Phi) is 5.35. The van der Waals surface area contributed by atoms with Crippen LogP contribution in [-0.2, 0) is 4.74 Å². The van der Waals surface area contributed by atoms with Crippen molar-refractivity contribution in [1.82, 2.24) is 0 Å². The Morgan fingerprint density at radius 1 is 0.966 bits per heavy atom. The summed E-state index contributed by atoms with van der Waals surface area (Å²) in [5, 5.41) is 11.8. The molecule has 1 aliphatic heterocycles. The summed E-state index contributed by atoms with van der Waals surface area (Å²) in [7, 11) is 0. The number of anilines is 1. The second kappa shape index (κ2) is 8.24. The van der Waals surface area contributed by atoms with Gasteiger partial charge < -0.3 is 9.64 Å². The fraction of sp³-hybridized carbons (Fsp3) is 0.174.